The van der Waals surface area contributed by atoms with E-state index in [9.17, 15) is 13.2 Å². The van der Waals surface area contributed by atoms with Gasteiger partial charge in [0.15, 0.2) is 0 Å². The lowest BCUT2D eigenvalue weighted by molar-refractivity contribution is -0.142. The van der Waals surface area contributed by atoms with E-state index >= 15 is 0 Å². The smallest absolute Gasteiger partial charge is 0.313 e. The van der Waals surface area contributed by atoms with Crippen molar-refractivity contribution >= 4 is 12.4 Å². The molecule has 0 aliphatic carbocycles. The average Bonchev–Trinajstić information content (AvgIpc) is 2.68. The number of halogens is 4. The standard InChI is InChI=1S/C12H20F3N3.ClH/c1-2-3-4-5-6-16-7-11-8-17-18(9-11)10-12(13,14)15;/h8-9,16H,2-7,10H2,1H3;1H. The molecule has 1 rings (SSSR count). The van der Waals surface area contributed by atoms with Crippen molar-refractivity contribution in [3.63, 3.8) is 0 Å². The zero-order valence-corrected chi connectivity index (χ0v) is 11.9. The van der Waals surface area contributed by atoms with Crippen LogP contribution in [0, 0.1) is 0 Å². The Hall–Kier alpha value is -0.750. The van der Waals surface area contributed by atoms with Gasteiger partial charge in [-0.2, -0.15) is 18.3 Å². The van der Waals surface area contributed by atoms with Crippen LogP contribution in [-0.2, 0) is 13.1 Å². The average molecular weight is 300 g/mol. The van der Waals surface area contributed by atoms with E-state index in [0.29, 0.717) is 6.54 Å². The van der Waals surface area contributed by atoms with E-state index < -0.39 is 12.7 Å². The zero-order chi connectivity index (χ0) is 13.4. The van der Waals surface area contributed by atoms with Gasteiger partial charge in [0.1, 0.15) is 6.54 Å². The molecule has 0 amide bonds. The minimum Gasteiger partial charge on any atom is -0.313 e. The molecular formula is C12H21ClF3N3. The van der Waals surface area contributed by atoms with Gasteiger partial charge in [-0.15, -0.1) is 12.4 Å². The van der Waals surface area contributed by atoms with Crippen LogP contribution in [0.3, 0.4) is 0 Å². The molecule has 7 heteroatoms. The van der Waals surface area contributed by atoms with Crippen LogP contribution in [-0.4, -0.2) is 22.5 Å². The number of unbranched alkanes of at least 4 members (excludes halogenated alkanes) is 3. The summed E-state index contributed by atoms with van der Waals surface area (Å²) in [6, 6.07) is 0. The van der Waals surface area contributed by atoms with E-state index in [4.69, 9.17) is 0 Å². The van der Waals surface area contributed by atoms with E-state index in [1.54, 1.807) is 0 Å². The van der Waals surface area contributed by atoms with Crippen molar-refractivity contribution in [2.24, 2.45) is 0 Å². The van der Waals surface area contributed by atoms with Crippen LogP contribution in [0.1, 0.15) is 38.2 Å². The van der Waals surface area contributed by atoms with Gasteiger partial charge in [-0.05, 0) is 13.0 Å². The van der Waals surface area contributed by atoms with Gasteiger partial charge in [0.25, 0.3) is 0 Å². The third-order valence-electron chi connectivity index (χ3n) is 2.56. The fourth-order valence-corrected chi connectivity index (χ4v) is 1.68. The summed E-state index contributed by atoms with van der Waals surface area (Å²) in [6.07, 6.45) is 3.42. The molecule has 0 unspecified atom stereocenters. The molecule has 1 N–H and O–H groups in total. The minimum absolute atomic E-state index is 0. The molecule has 0 aromatic carbocycles. The maximum absolute atomic E-state index is 12.1. The number of alkyl halides is 3. The third kappa shape index (κ3) is 8.88. The molecular weight excluding hydrogens is 279 g/mol. The second-order valence-corrected chi connectivity index (χ2v) is 4.40. The molecule has 0 bridgehead atoms. The fraction of sp³-hybridized carbons (Fsp3) is 0.750. The molecule has 0 radical (unpaired) electrons. The van der Waals surface area contributed by atoms with Crippen molar-refractivity contribution in [3.05, 3.63) is 18.0 Å². The summed E-state index contributed by atoms with van der Waals surface area (Å²) in [7, 11) is 0. The number of hydrogen-bond donors (Lipinski definition) is 1. The highest BCUT2D eigenvalue weighted by Crippen LogP contribution is 2.17. The van der Waals surface area contributed by atoms with Crippen LogP contribution < -0.4 is 5.32 Å². The van der Waals surface area contributed by atoms with Gasteiger partial charge in [-0.1, -0.05) is 26.2 Å². The molecule has 0 aliphatic heterocycles. The highest BCUT2D eigenvalue weighted by molar-refractivity contribution is 5.85. The molecule has 0 saturated heterocycles. The summed E-state index contributed by atoms with van der Waals surface area (Å²) in [4.78, 5) is 0. The van der Waals surface area contributed by atoms with Gasteiger partial charge in [-0.3, -0.25) is 4.68 Å². The lowest BCUT2D eigenvalue weighted by Crippen LogP contribution is -2.18. The summed E-state index contributed by atoms with van der Waals surface area (Å²) in [5, 5.41) is 6.89. The first-order chi connectivity index (χ1) is 8.51. The molecule has 3 nitrogen and oxygen atoms in total. The highest BCUT2D eigenvalue weighted by Gasteiger charge is 2.28. The van der Waals surface area contributed by atoms with Crippen molar-refractivity contribution in [3.8, 4) is 0 Å². The Balaban J connectivity index is 0.00000324. The van der Waals surface area contributed by atoms with E-state index in [2.05, 4.69) is 17.3 Å². The topological polar surface area (TPSA) is 29.9 Å². The Morgan fingerprint density at radius 3 is 2.63 bits per heavy atom. The van der Waals surface area contributed by atoms with Gasteiger partial charge in [0, 0.05) is 18.3 Å². The zero-order valence-electron chi connectivity index (χ0n) is 11.0. The molecule has 0 atom stereocenters. The Morgan fingerprint density at radius 2 is 2.00 bits per heavy atom. The van der Waals surface area contributed by atoms with Crippen LogP contribution in [0.2, 0.25) is 0 Å². The quantitative estimate of drug-likeness (QED) is 0.744. The summed E-state index contributed by atoms with van der Waals surface area (Å²) >= 11 is 0. The number of rotatable bonds is 8. The largest absolute Gasteiger partial charge is 0.408 e. The molecule has 19 heavy (non-hydrogen) atoms. The monoisotopic (exact) mass is 299 g/mol. The van der Waals surface area contributed by atoms with Crippen LogP contribution >= 0.6 is 12.4 Å². The first-order valence-corrected chi connectivity index (χ1v) is 6.30. The number of hydrogen-bond acceptors (Lipinski definition) is 2. The highest BCUT2D eigenvalue weighted by atomic mass is 35.5. The maximum atomic E-state index is 12.1. The fourth-order valence-electron chi connectivity index (χ4n) is 1.68. The van der Waals surface area contributed by atoms with Crippen LogP contribution in [0.25, 0.3) is 0 Å². The van der Waals surface area contributed by atoms with Gasteiger partial charge >= 0.3 is 6.18 Å². The summed E-state index contributed by atoms with van der Waals surface area (Å²) < 4.78 is 37.2. The molecule has 0 saturated carbocycles. The Kier molecular flexibility index (Phi) is 8.84. The second-order valence-electron chi connectivity index (χ2n) is 4.40. The van der Waals surface area contributed by atoms with E-state index in [-0.39, 0.29) is 12.4 Å². The normalized spacial score (nSPS) is 11.4. The van der Waals surface area contributed by atoms with Gasteiger partial charge in [0.2, 0.25) is 0 Å². The molecule has 1 heterocycles. The molecule has 1 aromatic rings. The summed E-state index contributed by atoms with van der Waals surface area (Å²) in [5.41, 5.74) is 0.787. The predicted molar refractivity (Wildman–Crippen MR) is 71.4 cm³/mol. The molecule has 1 aromatic heterocycles. The Bertz CT molecular complexity index is 339. The molecule has 0 spiro atoms. The van der Waals surface area contributed by atoms with Gasteiger partial charge < -0.3 is 5.32 Å². The number of nitrogens with one attached hydrogen (secondary N) is 1. The van der Waals surface area contributed by atoms with Gasteiger partial charge in [0.05, 0.1) is 6.20 Å². The molecule has 0 aliphatic rings. The number of nitrogens with zero attached hydrogens (tertiary/aromatic N) is 2. The maximum Gasteiger partial charge on any atom is 0.408 e. The first kappa shape index (κ1) is 18.2. The third-order valence-corrected chi connectivity index (χ3v) is 2.56. The van der Waals surface area contributed by atoms with Crippen LogP contribution in [0.5, 0.6) is 0 Å². The SMILES string of the molecule is CCCCCCNCc1cnn(CC(F)(F)F)c1.Cl. The summed E-state index contributed by atoms with van der Waals surface area (Å²) in [6.45, 7) is 2.60. The van der Waals surface area contributed by atoms with E-state index in [1.165, 1.54) is 31.7 Å². The van der Waals surface area contributed by atoms with E-state index in [0.717, 1.165) is 23.2 Å². The lowest BCUT2D eigenvalue weighted by Gasteiger charge is -2.05. The molecule has 112 valence electrons. The van der Waals surface area contributed by atoms with Gasteiger partial charge in [-0.25, -0.2) is 0 Å². The summed E-state index contributed by atoms with van der Waals surface area (Å²) in [5.74, 6) is 0. The predicted octanol–water partition coefficient (Wildman–Crippen LogP) is 3.54. The van der Waals surface area contributed by atoms with Crippen molar-refractivity contribution in [2.45, 2.75) is 51.9 Å². The lowest BCUT2D eigenvalue weighted by atomic mass is 10.2. The van der Waals surface area contributed by atoms with Crippen molar-refractivity contribution in [1.29, 1.82) is 0 Å². The second kappa shape index (κ2) is 9.20. The Morgan fingerprint density at radius 1 is 1.26 bits per heavy atom. The van der Waals surface area contributed by atoms with Crippen LogP contribution in [0.4, 0.5) is 13.2 Å². The van der Waals surface area contributed by atoms with Crippen LogP contribution in [0.15, 0.2) is 12.4 Å². The van der Waals surface area contributed by atoms with Crippen molar-refractivity contribution in [1.82, 2.24) is 15.1 Å². The van der Waals surface area contributed by atoms with Crippen molar-refractivity contribution in [2.75, 3.05) is 6.54 Å². The number of aromatic nitrogens is 2. The Labute approximate surface area is 118 Å². The minimum atomic E-state index is -4.21. The van der Waals surface area contributed by atoms with Crippen molar-refractivity contribution < 1.29 is 13.2 Å². The molecule has 0 fully saturated rings. The van der Waals surface area contributed by atoms with E-state index in [1.807, 2.05) is 0 Å². The first-order valence-electron chi connectivity index (χ1n) is 6.30.